The maximum absolute atomic E-state index is 12.5. The fourth-order valence-corrected chi connectivity index (χ4v) is 4.15. The molecule has 1 aliphatic rings. The number of carbonyl (C=O) groups is 1. The van der Waals surface area contributed by atoms with Crippen molar-refractivity contribution in [1.29, 1.82) is 0 Å². The summed E-state index contributed by atoms with van der Waals surface area (Å²) in [5.74, 6) is 0.443. The van der Waals surface area contributed by atoms with Gasteiger partial charge in [0.05, 0.1) is 34.2 Å². The van der Waals surface area contributed by atoms with Gasteiger partial charge in [0.15, 0.2) is 0 Å². The lowest BCUT2D eigenvalue weighted by molar-refractivity contribution is -0.144. The van der Waals surface area contributed by atoms with Gasteiger partial charge in [-0.15, -0.1) is 0 Å². The molecule has 0 bridgehead atoms. The van der Waals surface area contributed by atoms with E-state index < -0.39 is 0 Å². The van der Waals surface area contributed by atoms with E-state index in [-0.39, 0.29) is 18.1 Å². The molecule has 6 nitrogen and oxygen atoms in total. The number of carbonyl (C=O) groups excluding carboxylic acids is 1. The Morgan fingerprint density at radius 2 is 2.14 bits per heavy atom. The van der Waals surface area contributed by atoms with E-state index in [2.05, 4.69) is 11.9 Å². The number of anilines is 1. The number of pyridine rings is 1. The van der Waals surface area contributed by atoms with Crippen molar-refractivity contribution >= 4 is 45.9 Å². The normalized spacial score (nSPS) is 19.4. The van der Waals surface area contributed by atoms with Crippen LogP contribution in [0.3, 0.4) is 0 Å². The molecule has 0 N–H and O–H groups in total. The summed E-state index contributed by atoms with van der Waals surface area (Å²) in [6, 6.07) is 5.39. The van der Waals surface area contributed by atoms with E-state index in [1.807, 2.05) is 34.7 Å². The van der Waals surface area contributed by atoms with Gasteiger partial charge in [-0.3, -0.25) is 0 Å². The highest BCUT2D eigenvalue weighted by atomic mass is 35.5. The standard InChI is InChI=1S/C20H20Cl2N4O2/c1-3-28-20(27)15-7-4-12(2)26(15)17-10-16(25-9-8-23-11-25)13-5-6-14(21)18(22)19(13)24-17/h5-6,8-12,15H,3-4,7H2,1-2H3/t12-,15-/m0/s1. The van der Waals surface area contributed by atoms with E-state index in [0.717, 1.165) is 23.9 Å². The van der Waals surface area contributed by atoms with Crippen LogP contribution in [0.25, 0.3) is 16.6 Å². The Morgan fingerprint density at radius 3 is 2.86 bits per heavy atom. The Hall–Kier alpha value is -2.31. The number of hydrogen-bond donors (Lipinski definition) is 0. The number of rotatable bonds is 4. The second-order valence-electron chi connectivity index (χ2n) is 6.83. The van der Waals surface area contributed by atoms with Crippen LogP contribution in [0, 0.1) is 0 Å². The first-order chi connectivity index (χ1) is 13.5. The van der Waals surface area contributed by atoms with Gasteiger partial charge in [-0.05, 0) is 38.8 Å². The lowest BCUT2D eigenvalue weighted by Gasteiger charge is -2.29. The van der Waals surface area contributed by atoms with E-state index in [9.17, 15) is 4.79 Å². The average Bonchev–Trinajstić information content (AvgIpc) is 3.34. The van der Waals surface area contributed by atoms with E-state index in [1.54, 1.807) is 18.6 Å². The molecular formula is C20H20Cl2N4O2. The molecule has 8 heteroatoms. The smallest absolute Gasteiger partial charge is 0.328 e. The molecule has 1 aliphatic heterocycles. The minimum atomic E-state index is -0.367. The third kappa shape index (κ3) is 3.20. The highest BCUT2D eigenvalue weighted by Crippen LogP contribution is 2.37. The van der Waals surface area contributed by atoms with Crippen LogP contribution in [0.5, 0.6) is 0 Å². The van der Waals surface area contributed by atoms with Crippen molar-refractivity contribution in [2.24, 2.45) is 0 Å². The maximum atomic E-state index is 12.5. The minimum Gasteiger partial charge on any atom is -0.464 e. The summed E-state index contributed by atoms with van der Waals surface area (Å²) in [7, 11) is 0. The van der Waals surface area contributed by atoms with E-state index >= 15 is 0 Å². The second kappa shape index (κ2) is 7.60. The fraction of sp³-hybridized carbons (Fsp3) is 0.350. The monoisotopic (exact) mass is 418 g/mol. The number of fused-ring (bicyclic) bond motifs is 1. The zero-order valence-corrected chi connectivity index (χ0v) is 17.1. The van der Waals surface area contributed by atoms with Gasteiger partial charge < -0.3 is 14.2 Å². The summed E-state index contributed by atoms with van der Waals surface area (Å²) in [6.45, 7) is 4.25. The Balaban J connectivity index is 1.92. The number of benzene rings is 1. The van der Waals surface area contributed by atoms with Gasteiger partial charge in [-0.25, -0.2) is 14.8 Å². The van der Waals surface area contributed by atoms with Crippen molar-refractivity contribution < 1.29 is 9.53 Å². The molecule has 28 heavy (non-hydrogen) atoms. The van der Waals surface area contributed by atoms with E-state index in [1.165, 1.54) is 0 Å². The number of halogens is 2. The predicted molar refractivity (Wildman–Crippen MR) is 110 cm³/mol. The van der Waals surface area contributed by atoms with Crippen LogP contribution in [0.4, 0.5) is 5.82 Å². The first-order valence-electron chi connectivity index (χ1n) is 9.23. The Labute approximate surface area is 173 Å². The minimum absolute atomic E-state index is 0.146. The van der Waals surface area contributed by atoms with E-state index in [4.69, 9.17) is 32.9 Å². The summed E-state index contributed by atoms with van der Waals surface area (Å²) in [4.78, 5) is 23.5. The molecule has 3 aromatic rings. The SMILES string of the molecule is CCOC(=O)[C@@H]1CC[C@H](C)N1c1cc(-n2ccnc2)c2ccc(Cl)c(Cl)c2n1. The summed E-state index contributed by atoms with van der Waals surface area (Å²) >= 11 is 12.7. The summed E-state index contributed by atoms with van der Waals surface area (Å²) < 4.78 is 7.19. The van der Waals surface area contributed by atoms with Gasteiger partial charge in [0.2, 0.25) is 0 Å². The van der Waals surface area contributed by atoms with Crippen LogP contribution in [0.15, 0.2) is 36.9 Å². The van der Waals surface area contributed by atoms with Crippen molar-refractivity contribution in [3.63, 3.8) is 0 Å². The first kappa shape index (κ1) is 19.0. The van der Waals surface area contributed by atoms with Crippen LogP contribution >= 0.6 is 23.2 Å². The number of nitrogens with zero attached hydrogens (tertiary/aromatic N) is 4. The van der Waals surface area contributed by atoms with Crippen LogP contribution in [0.1, 0.15) is 26.7 Å². The lowest BCUT2D eigenvalue weighted by atomic mass is 10.1. The molecule has 0 saturated carbocycles. The van der Waals surface area contributed by atoms with Gasteiger partial charge in [0, 0.05) is 29.9 Å². The average molecular weight is 419 g/mol. The Bertz CT molecular complexity index is 1020. The largest absolute Gasteiger partial charge is 0.464 e. The molecule has 0 aliphatic carbocycles. The zero-order chi connectivity index (χ0) is 19.8. The number of ether oxygens (including phenoxy) is 1. The van der Waals surface area contributed by atoms with Crippen LogP contribution in [-0.4, -0.2) is 39.2 Å². The van der Waals surface area contributed by atoms with Crippen molar-refractivity contribution in [3.05, 3.63) is 47.0 Å². The molecule has 3 heterocycles. The van der Waals surface area contributed by atoms with Crippen LogP contribution in [0.2, 0.25) is 10.0 Å². The third-order valence-electron chi connectivity index (χ3n) is 5.11. The van der Waals surface area contributed by atoms with Gasteiger partial charge in [-0.1, -0.05) is 23.2 Å². The van der Waals surface area contributed by atoms with Gasteiger partial charge in [-0.2, -0.15) is 0 Å². The third-order valence-corrected chi connectivity index (χ3v) is 5.91. The molecule has 0 radical (unpaired) electrons. The van der Waals surface area contributed by atoms with Crippen molar-refractivity contribution in [2.45, 2.75) is 38.8 Å². The lowest BCUT2D eigenvalue weighted by Crippen LogP contribution is -2.41. The topological polar surface area (TPSA) is 60.2 Å². The molecule has 1 aromatic carbocycles. The van der Waals surface area contributed by atoms with Gasteiger partial charge in [0.1, 0.15) is 11.9 Å². The maximum Gasteiger partial charge on any atom is 0.328 e. The van der Waals surface area contributed by atoms with Gasteiger partial charge in [0.25, 0.3) is 0 Å². The molecule has 146 valence electrons. The summed E-state index contributed by atoms with van der Waals surface area (Å²) in [5.41, 5.74) is 1.47. The van der Waals surface area contributed by atoms with Crippen LogP contribution in [-0.2, 0) is 9.53 Å². The summed E-state index contributed by atoms with van der Waals surface area (Å²) in [5, 5.41) is 1.68. The molecule has 1 fully saturated rings. The Morgan fingerprint density at radius 1 is 1.32 bits per heavy atom. The Kier molecular flexibility index (Phi) is 5.17. The number of imidazole rings is 1. The highest BCUT2D eigenvalue weighted by Gasteiger charge is 2.38. The van der Waals surface area contributed by atoms with E-state index in [0.29, 0.717) is 28.0 Å². The number of esters is 1. The number of hydrogen-bond acceptors (Lipinski definition) is 5. The first-order valence-corrected chi connectivity index (χ1v) is 9.99. The van der Waals surface area contributed by atoms with Crippen LogP contribution < -0.4 is 4.90 Å². The predicted octanol–water partition coefficient (Wildman–Crippen LogP) is 4.65. The molecule has 2 atom stereocenters. The molecule has 0 unspecified atom stereocenters. The zero-order valence-electron chi connectivity index (χ0n) is 15.6. The molecule has 2 aromatic heterocycles. The fourth-order valence-electron chi connectivity index (χ4n) is 3.79. The second-order valence-corrected chi connectivity index (χ2v) is 7.61. The van der Waals surface area contributed by atoms with Crippen molar-refractivity contribution in [2.75, 3.05) is 11.5 Å². The molecular weight excluding hydrogens is 399 g/mol. The molecule has 0 amide bonds. The highest BCUT2D eigenvalue weighted by molar-refractivity contribution is 6.45. The van der Waals surface area contributed by atoms with Crippen molar-refractivity contribution in [1.82, 2.24) is 14.5 Å². The quantitative estimate of drug-likeness (QED) is 0.577. The summed E-state index contributed by atoms with van der Waals surface area (Å²) in [6.07, 6.45) is 6.90. The molecule has 4 rings (SSSR count). The molecule has 1 saturated heterocycles. The molecule has 0 spiro atoms. The van der Waals surface area contributed by atoms with Gasteiger partial charge >= 0.3 is 5.97 Å². The number of aromatic nitrogens is 3. The van der Waals surface area contributed by atoms with Crippen molar-refractivity contribution in [3.8, 4) is 5.69 Å².